The van der Waals surface area contributed by atoms with E-state index >= 15 is 0 Å². The normalized spacial score (nSPS) is 9.65. The lowest BCUT2D eigenvalue weighted by Gasteiger charge is -2.01. The lowest BCUT2D eigenvalue weighted by atomic mass is 10.1. The van der Waals surface area contributed by atoms with Crippen LogP contribution in [0.1, 0.15) is 10.4 Å². The number of hydrogen-bond donors (Lipinski definition) is 1. The highest BCUT2D eigenvalue weighted by Crippen LogP contribution is 2.26. The number of phenols is 1. The zero-order chi connectivity index (χ0) is 14.4. The van der Waals surface area contributed by atoms with Crippen molar-refractivity contribution in [2.75, 3.05) is 0 Å². The van der Waals surface area contributed by atoms with Crippen LogP contribution >= 0.6 is 15.9 Å². The van der Waals surface area contributed by atoms with E-state index in [0.717, 1.165) is 21.5 Å². The van der Waals surface area contributed by atoms with Crippen LogP contribution < -0.4 is 0 Å². The molecule has 0 unspecified atom stereocenters. The maximum Gasteiger partial charge on any atom is 0.151 e. The fourth-order valence-electron chi connectivity index (χ4n) is 1.77. The molecule has 0 atom stereocenters. The summed E-state index contributed by atoms with van der Waals surface area (Å²) in [4.78, 5) is 10.6. The molecule has 2 nitrogen and oxygen atoms in total. The van der Waals surface area contributed by atoms with Crippen molar-refractivity contribution in [3.63, 3.8) is 0 Å². The van der Waals surface area contributed by atoms with Crippen molar-refractivity contribution in [3.8, 4) is 5.75 Å². The summed E-state index contributed by atoms with van der Waals surface area (Å²) in [6, 6.07) is 20.4. The van der Waals surface area contributed by atoms with Crippen LogP contribution in [0.2, 0.25) is 0 Å². The van der Waals surface area contributed by atoms with Crippen LogP contribution in [0.25, 0.3) is 10.8 Å². The third kappa shape index (κ3) is 3.45. The highest BCUT2D eigenvalue weighted by molar-refractivity contribution is 9.10. The lowest BCUT2D eigenvalue weighted by Crippen LogP contribution is -1.83. The molecule has 3 aromatic carbocycles. The summed E-state index contributed by atoms with van der Waals surface area (Å²) in [6.45, 7) is 0. The van der Waals surface area contributed by atoms with Gasteiger partial charge in [0.15, 0.2) is 6.29 Å². The van der Waals surface area contributed by atoms with Gasteiger partial charge in [-0.25, -0.2) is 0 Å². The van der Waals surface area contributed by atoms with Crippen molar-refractivity contribution in [1.82, 2.24) is 0 Å². The quantitative estimate of drug-likeness (QED) is 0.651. The third-order valence-corrected chi connectivity index (χ3v) is 3.66. The summed E-state index contributed by atoms with van der Waals surface area (Å²) in [5.41, 5.74) is 0.693. The Bertz CT molecular complexity index is 709. The van der Waals surface area contributed by atoms with Gasteiger partial charge in [-0.2, -0.15) is 0 Å². The Morgan fingerprint density at radius 2 is 1.50 bits per heavy atom. The summed E-state index contributed by atoms with van der Waals surface area (Å²) in [5, 5.41) is 10.8. The number of para-hydroxylation sites is 1. The Balaban J connectivity index is 0.000000178. The first kappa shape index (κ1) is 14.3. The molecular formula is C17H13BrO2. The molecule has 0 aliphatic rings. The Labute approximate surface area is 125 Å². The number of carbonyl (C=O) groups is 1. The molecule has 0 fully saturated rings. The van der Waals surface area contributed by atoms with Crippen molar-refractivity contribution in [1.29, 1.82) is 0 Å². The molecule has 0 spiro atoms. The summed E-state index contributed by atoms with van der Waals surface area (Å²) in [5.74, 6) is 0.322. The molecule has 0 aliphatic heterocycles. The van der Waals surface area contributed by atoms with E-state index in [1.807, 2.05) is 42.5 Å². The second-order valence-corrected chi connectivity index (χ2v) is 4.94. The van der Waals surface area contributed by atoms with Gasteiger partial charge < -0.3 is 5.11 Å². The Morgan fingerprint density at radius 3 is 2.10 bits per heavy atom. The van der Waals surface area contributed by atoms with E-state index < -0.39 is 0 Å². The summed E-state index contributed by atoms with van der Waals surface area (Å²) < 4.78 is 0.876. The standard InChI is InChI=1S/C11H7BrO.C6H6O/c12-11-9(7-13)6-5-8-3-1-2-4-10(8)11;7-6-4-2-1-3-5-6/h1-7H;1-5,7H. The van der Waals surface area contributed by atoms with Gasteiger partial charge in [-0.15, -0.1) is 0 Å². The average molecular weight is 329 g/mol. The number of hydrogen-bond acceptors (Lipinski definition) is 2. The number of benzene rings is 3. The molecule has 100 valence electrons. The maximum absolute atomic E-state index is 10.6. The average Bonchev–Trinajstić information content (AvgIpc) is 2.49. The molecule has 1 N–H and O–H groups in total. The van der Waals surface area contributed by atoms with E-state index in [9.17, 15) is 4.79 Å². The second kappa shape index (κ2) is 6.87. The SMILES string of the molecule is O=Cc1ccc2ccccc2c1Br.Oc1ccccc1. The predicted octanol–water partition coefficient (Wildman–Crippen LogP) is 4.81. The molecule has 0 aliphatic carbocycles. The third-order valence-electron chi connectivity index (χ3n) is 2.78. The van der Waals surface area contributed by atoms with Gasteiger partial charge in [-0.1, -0.05) is 48.5 Å². The number of fused-ring (bicyclic) bond motifs is 1. The van der Waals surface area contributed by atoms with Crippen molar-refractivity contribution in [2.24, 2.45) is 0 Å². The smallest absolute Gasteiger partial charge is 0.151 e. The zero-order valence-corrected chi connectivity index (χ0v) is 12.2. The minimum atomic E-state index is 0.322. The number of phenolic OH excluding ortho intramolecular Hbond substituents is 1. The number of aldehydes is 1. The topological polar surface area (TPSA) is 37.3 Å². The Kier molecular flexibility index (Phi) is 4.91. The van der Waals surface area contributed by atoms with Gasteiger partial charge in [0.2, 0.25) is 0 Å². The van der Waals surface area contributed by atoms with Crippen molar-refractivity contribution < 1.29 is 9.90 Å². The fourth-order valence-corrected chi connectivity index (χ4v) is 2.36. The molecule has 0 radical (unpaired) electrons. The summed E-state index contributed by atoms with van der Waals surface area (Å²) >= 11 is 3.41. The highest BCUT2D eigenvalue weighted by Gasteiger charge is 2.02. The monoisotopic (exact) mass is 328 g/mol. The van der Waals surface area contributed by atoms with Crippen LogP contribution in [0.4, 0.5) is 0 Å². The van der Waals surface area contributed by atoms with Crippen LogP contribution in [-0.2, 0) is 0 Å². The predicted molar refractivity (Wildman–Crippen MR) is 85.1 cm³/mol. The van der Waals surface area contributed by atoms with Gasteiger partial charge in [0.1, 0.15) is 5.75 Å². The first-order chi connectivity index (χ1) is 9.72. The molecular weight excluding hydrogens is 316 g/mol. The first-order valence-corrected chi connectivity index (χ1v) is 6.88. The van der Waals surface area contributed by atoms with E-state index in [-0.39, 0.29) is 0 Å². The molecule has 0 aromatic heterocycles. The highest BCUT2D eigenvalue weighted by atomic mass is 79.9. The van der Waals surface area contributed by atoms with Crippen molar-refractivity contribution >= 4 is 33.0 Å². The van der Waals surface area contributed by atoms with Crippen LogP contribution in [0.15, 0.2) is 71.2 Å². The Hall–Kier alpha value is -2.13. The van der Waals surface area contributed by atoms with Crippen LogP contribution in [0.5, 0.6) is 5.75 Å². The number of rotatable bonds is 1. The molecule has 0 amide bonds. The van der Waals surface area contributed by atoms with E-state index in [2.05, 4.69) is 15.9 Å². The van der Waals surface area contributed by atoms with E-state index in [4.69, 9.17) is 5.11 Å². The molecule has 0 saturated heterocycles. The Morgan fingerprint density at radius 1 is 0.850 bits per heavy atom. The summed E-state index contributed by atoms with van der Waals surface area (Å²) in [6.07, 6.45) is 0.858. The molecule has 3 heteroatoms. The van der Waals surface area contributed by atoms with E-state index in [1.165, 1.54) is 0 Å². The maximum atomic E-state index is 10.6. The summed E-state index contributed by atoms with van der Waals surface area (Å²) in [7, 11) is 0. The molecule has 0 heterocycles. The van der Waals surface area contributed by atoms with Gasteiger partial charge in [0.05, 0.1) is 0 Å². The fraction of sp³-hybridized carbons (Fsp3) is 0. The van der Waals surface area contributed by atoms with Gasteiger partial charge in [0.25, 0.3) is 0 Å². The first-order valence-electron chi connectivity index (χ1n) is 6.09. The van der Waals surface area contributed by atoms with Crippen LogP contribution in [0.3, 0.4) is 0 Å². The molecule has 3 aromatic rings. The minimum Gasteiger partial charge on any atom is -0.508 e. The molecule has 20 heavy (non-hydrogen) atoms. The number of carbonyl (C=O) groups excluding carboxylic acids is 1. The van der Waals surface area contributed by atoms with E-state index in [0.29, 0.717) is 11.3 Å². The number of halogens is 1. The minimum absolute atomic E-state index is 0.322. The molecule has 0 bridgehead atoms. The molecule has 0 saturated carbocycles. The lowest BCUT2D eigenvalue weighted by molar-refractivity contribution is 0.112. The van der Waals surface area contributed by atoms with Gasteiger partial charge in [0, 0.05) is 10.0 Å². The van der Waals surface area contributed by atoms with Gasteiger partial charge in [-0.3, -0.25) is 4.79 Å². The molecule has 3 rings (SSSR count). The van der Waals surface area contributed by atoms with Crippen molar-refractivity contribution in [3.05, 3.63) is 76.8 Å². The largest absolute Gasteiger partial charge is 0.508 e. The van der Waals surface area contributed by atoms with Crippen LogP contribution in [-0.4, -0.2) is 11.4 Å². The van der Waals surface area contributed by atoms with Gasteiger partial charge >= 0.3 is 0 Å². The number of aromatic hydroxyl groups is 1. The van der Waals surface area contributed by atoms with E-state index in [1.54, 1.807) is 24.3 Å². The van der Waals surface area contributed by atoms with Crippen molar-refractivity contribution in [2.45, 2.75) is 0 Å². The van der Waals surface area contributed by atoms with Gasteiger partial charge in [-0.05, 0) is 44.9 Å². The second-order valence-electron chi connectivity index (χ2n) is 4.14. The zero-order valence-electron chi connectivity index (χ0n) is 10.7. The van der Waals surface area contributed by atoms with Crippen LogP contribution in [0, 0.1) is 0 Å².